The van der Waals surface area contributed by atoms with E-state index in [1.807, 2.05) is 0 Å². The molecule has 1 amide bonds. The minimum atomic E-state index is -3.56. The number of aromatic amines is 1. The Labute approximate surface area is 122 Å². The molecular weight excluding hydrogens is 353 g/mol. The summed E-state index contributed by atoms with van der Waals surface area (Å²) in [5.41, 5.74) is 0.122. The van der Waals surface area contributed by atoms with Crippen LogP contribution in [0, 0.1) is 5.82 Å². The second-order valence-electron chi connectivity index (χ2n) is 4.00. The van der Waals surface area contributed by atoms with E-state index in [-0.39, 0.29) is 16.3 Å². The third kappa shape index (κ3) is 3.42. The van der Waals surface area contributed by atoms with E-state index in [1.54, 1.807) is 0 Å². The second-order valence-corrected chi connectivity index (χ2v) is 6.87. The number of anilines is 1. The summed E-state index contributed by atoms with van der Waals surface area (Å²) in [5.74, 6) is -1.34. The molecule has 2 rings (SSSR count). The Morgan fingerprint density at radius 1 is 1.35 bits per heavy atom. The molecule has 1 aromatic carbocycles. The van der Waals surface area contributed by atoms with E-state index in [0.717, 1.165) is 18.4 Å². The van der Waals surface area contributed by atoms with Crippen LogP contribution < -0.4 is 5.32 Å². The third-order valence-electron chi connectivity index (χ3n) is 2.34. The van der Waals surface area contributed by atoms with Crippen molar-refractivity contribution >= 4 is 37.4 Å². The molecule has 2 N–H and O–H groups in total. The first-order valence-electron chi connectivity index (χ1n) is 5.28. The first-order chi connectivity index (χ1) is 9.25. The molecule has 0 saturated carbocycles. The minimum absolute atomic E-state index is 0.0366. The quantitative estimate of drug-likeness (QED) is 0.873. The standard InChI is InChI=1S/C11H9BrFN3O3S/c1-20(18,19)8-3-6(13)2-7(4-8)14-11(17)9-5-10(12)16-15-9/h2-5H,1H3,(H,14,17)(H,15,16). The maximum absolute atomic E-state index is 13.4. The van der Waals surface area contributed by atoms with E-state index in [1.165, 1.54) is 12.1 Å². The van der Waals surface area contributed by atoms with Gasteiger partial charge in [-0.1, -0.05) is 0 Å². The number of nitrogens with one attached hydrogen (secondary N) is 2. The van der Waals surface area contributed by atoms with Crippen LogP contribution in [-0.4, -0.2) is 30.8 Å². The summed E-state index contributed by atoms with van der Waals surface area (Å²) < 4.78 is 36.7. The van der Waals surface area contributed by atoms with Gasteiger partial charge in [0.05, 0.1) is 4.90 Å². The number of carbonyl (C=O) groups is 1. The Hall–Kier alpha value is -1.74. The van der Waals surface area contributed by atoms with Crippen molar-refractivity contribution in [3.63, 3.8) is 0 Å². The van der Waals surface area contributed by atoms with Gasteiger partial charge < -0.3 is 5.32 Å². The number of rotatable bonds is 3. The molecular formula is C11H9BrFN3O3S. The summed E-state index contributed by atoms with van der Waals surface area (Å²) >= 11 is 3.10. The first kappa shape index (κ1) is 14.7. The normalized spacial score (nSPS) is 11.3. The molecule has 1 aromatic heterocycles. The Balaban J connectivity index is 2.30. The van der Waals surface area contributed by atoms with Crippen LogP contribution in [0.15, 0.2) is 33.8 Å². The highest BCUT2D eigenvalue weighted by Crippen LogP contribution is 2.19. The molecule has 0 aliphatic rings. The minimum Gasteiger partial charge on any atom is -0.320 e. The van der Waals surface area contributed by atoms with Crippen molar-refractivity contribution in [2.24, 2.45) is 0 Å². The summed E-state index contributed by atoms with van der Waals surface area (Å²) in [4.78, 5) is 11.6. The average Bonchev–Trinajstić information content (AvgIpc) is 2.74. The van der Waals surface area contributed by atoms with Gasteiger partial charge in [-0.05, 0) is 34.1 Å². The van der Waals surface area contributed by atoms with Crippen LogP contribution in [0.2, 0.25) is 0 Å². The van der Waals surface area contributed by atoms with E-state index < -0.39 is 21.6 Å². The van der Waals surface area contributed by atoms with Gasteiger partial charge in [0, 0.05) is 18.0 Å². The van der Waals surface area contributed by atoms with E-state index >= 15 is 0 Å². The van der Waals surface area contributed by atoms with Crippen LogP contribution in [-0.2, 0) is 9.84 Å². The Morgan fingerprint density at radius 3 is 2.60 bits per heavy atom. The number of amides is 1. The lowest BCUT2D eigenvalue weighted by Gasteiger charge is -2.06. The molecule has 0 spiro atoms. The Kier molecular flexibility index (Phi) is 3.91. The van der Waals surface area contributed by atoms with Gasteiger partial charge >= 0.3 is 0 Å². The number of hydrogen-bond acceptors (Lipinski definition) is 4. The molecule has 9 heteroatoms. The molecule has 0 fully saturated rings. The smallest absolute Gasteiger partial charge is 0.276 e. The van der Waals surface area contributed by atoms with E-state index in [4.69, 9.17) is 0 Å². The zero-order chi connectivity index (χ0) is 14.9. The van der Waals surface area contributed by atoms with Crippen molar-refractivity contribution in [1.82, 2.24) is 10.2 Å². The number of carbonyl (C=O) groups excluding carboxylic acids is 1. The molecule has 0 bridgehead atoms. The molecule has 0 aliphatic carbocycles. The van der Waals surface area contributed by atoms with Crippen molar-refractivity contribution in [3.05, 3.63) is 40.4 Å². The summed E-state index contributed by atoms with van der Waals surface area (Å²) in [6.07, 6.45) is 0.957. The zero-order valence-electron chi connectivity index (χ0n) is 10.1. The fraction of sp³-hybridized carbons (Fsp3) is 0.0909. The molecule has 1 heterocycles. The van der Waals surface area contributed by atoms with Gasteiger partial charge in [0.1, 0.15) is 10.4 Å². The van der Waals surface area contributed by atoms with Gasteiger partial charge in [-0.25, -0.2) is 12.8 Å². The Bertz CT molecular complexity index is 773. The lowest BCUT2D eigenvalue weighted by Crippen LogP contribution is -2.13. The lowest BCUT2D eigenvalue weighted by atomic mass is 10.3. The zero-order valence-corrected chi connectivity index (χ0v) is 12.5. The average molecular weight is 362 g/mol. The van der Waals surface area contributed by atoms with Crippen LogP contribution >= 0.6 is 15.9 Å². The highest BCUT2D eigenvalue weighted by molar-refractivity contribution is 9.10. The molecule has 0 saturated heterocycles. The highest BCUT2D eigenvalue weighted by Gasteiger charge is 2.14. The maximum atomic E-state index is 13.4. The van der Waals surface area contributed by atoms with Gasteiger partial charge in [-0.2, -0.15) is 5.10 Å². The molecule has 2 aromatic rings. The molecule has 0 radical (unpaired) electrons. The summed E-state index contributed by atoms with van der Waals surface area (Å²) in [6.45, 7) is 0. The van der Waals surface area contributed by atoms with Gasteiger partial charge in [0.15, 0.2) is 15.5 Å². The number of benzene rings is 1. The first-order valence-corrected chi connectivity index (χ1v) is 7.97. The van der Waals surface area contributed by atoms with E-state index in [2.05, 4.69) is 31.4 Å². The second kappa shape index (κ2) is 5.33. The fourth-order valence-electron chi connectivity index (χ4n) is 1.46. The van der Waals surface area contributed by atoms with Crippen molar-refractivity contribution in [1.29, 1.82) is 0 Å². The van der Waals surface area contributed by atoms with Crippen LogP contribution in [0.5, 0.6) is 0 Å². The predicted molar refractivity (Wildman–Crippen MR) is 73.8 cm³/mol. The Morgan fingerprint density at radius 2 is 2.05 bits per heavy atom. The number of halogens is 2. The lowest BCUT2D eigenvalue weighted by molar-refractivity contribution is 0.102. The van der Waals surface area contributed by atoms with Gasteiger partial charge in [-0.3, -0.25) is 9.89 Å². The molecule has 0 atom stereocenters. The number of sulfone groups is 1. The van der Waals surface area contributed by atoms with Crippen molar-refractivity contribution in [2.75, 3.05) is 11.6 Å². The van der Waals surface area contributed by atoms with E-state index in [9.17, 15) is 17.6 Å². The largest absolute Gasteiger partial charge is 0.320 e. The fourth-order valence-corrected chi connectivity index (χ4v) is 2.43. The van der Waals surface area contributed by atoms with Crippen LogP contribution in [0.25, 0.3) is 0 Å². The monoisotopic (exact) mass is 361 g/mol. The van der Waals surface area contributed by atoms with Crippen LogP contribution in [0.4, 0.5) is 10.1 Å². The summed E-state index contributed by atoms with van der Waals surface area (Å²) in [5, 5.41) is 8.61. The van der Waals surface area contributed by atoms with Gasteiger partial charge in [0.25, 0.3) is 5.91 Å². The van der Waals surface area contributed by atoms with Crippen molar-refractivity contribution in [2.45, 2.75) is 4.90 Å². The number of aromatic nitrogens is 2. The predicted octanol–water partition coefficient (Wildman–Crippen LogP) is 1.97. The summed E-state index contributed by atoms with van der Waals surface area (Å²) in [7, 11) is -3.56. The molecule has 106 valence electrons. The maximum Gasteiger partial charge on any atom is 0.276 e. The topological polar surface area (TPSA) is 91.9 Å². The highest BCUT2D eigenvalue weighted by atomic mass is 79.9. The van der Waals surface area contributed by atoms with Gasteiger partial charge in [0.2, 0.25) is 0 Å². The van der Waals surface area contributed by atoms with E-state index in [0.29, 0.717) is 4.60 Å². The van der Waals surface area contributed by atoms with Crippen molar-refractivity contribution < 1.29 is 17.6 Å². The molecule has 0 aliphatic heterocycles. The number of H-pyrrole nitrogens is 1. The molecule has 20 heavy (non-hydrogen) atoms. The number of hydrogen-bond donors (Lipinski definition) is 2. The third-order valence-corrected chi connectivity index (χ3v) is 3.83. The SMILES string of the molecule is CS(=O)(=O)c1cc(F)cc(NC(=O)c2cc(Br)[nH]n2)c1. The molecule has 0 unspecified atom stereocenters. The van der Waals surface area contributed by atoms with Crippen LogP contribution in [0.3, 0.4) is 0 Å². The van der Waals surface area contributed by atoms with Crippen LogP contribution in [0.1, 0.15) is 10.5 Å². The molecule has 6 nitrogen and oxygen atoms in total. The van der Waals surface area contributed by atoms with Crippen molar-refractivity contribution in [3.8, 4) is 0 Å². The number of nitrogens with zero attached hydrogens (tertiary/aromatic N) is 1. The summed E-state index contributed by atoms with van der Waals surface area (Å²) in [6, 6.07) is 4.52. The van der Waals surface area contributed by atoms with Gasteiger partial charge in [-0.15, -0.1) is 0 Å².